The summed E-state index contributed by atoms with van der Waals surface area (Å²) in [5.74, 6) is -10.5. The molecule has 0 radical (unpaired) electrons. The minimum atomic E-state index is -4.11. The van der Waals surface area contributed by atoms with Crippen LogP contribution in [0.2, 0.25) is 0 Å². The highest BCUT2D eigenvalue weighted by Crippen LogP contribution is 2.33. The summed E-state index contributed by atoms with van der Waals surface area (Å²) >= 11 is 0. The Kier molecular flexibility index (Phi) is 8.32. The predicted octanol–water partition coefficient (Wildman–Crippen LogP) is 9.00. The highest BCUT2D eigenvalue weighted by atomic mass is 19.3. The zero-order chi connectivity index (χ0) is 29.2. The van der Waals surface area contributed by atoms with E-state index in [1.807, 2.05) is 6.92 Å². The van der Waals surface area contributed by atoms with Crippen molar-refractivity contribution in [2.24, 2.45) is 0 Å². The molecule has 4 rings (SSSR count). The van der Waals surface area contributed by atoms with Crippen LogP contribution in [-0.4, -0.2) is 12.7 Å². The molecule has 40 heavy (non-hydrogen) atoms. The van der Waals surface area contributed by atoms with Gasteiger partial charge in [0.15, 0.2) is 35.6 Å². The topological polar surface area (TPSA) is 18.5 Å². The van der Waals surface area contributed by atoms with Crippen molar-refractivity contribution in [1.29, 1.82) is 0 Å². The van der Waals surface area contributed by atoms with Crippen LogP contribution in [-0.2, 0) is 6.42 Å². The van der Waals surface area contributed by atoms with Crippen molar-refractivity contribution in [3.8, 4) is 33.8 Å². The Hall–Kier alpha value is -4.15. The monoisotopic (exact) mass is 570 g/mol. The quantitative estimate of drug-likeness (QED) is 0.148. The van der Waals surface area contributed by atoms with Crippen molar-refractivity contribution < 1.29 is 49.0 Å². The van der Waals surface area contributed by atoms with E-state index in [1.54, 1.807) is 0 Å². The molecule has 4 aromatic rings. The summed E-state index contributed by atoms with van der Waals surface area (Å²) < 4.78 is 136. The van der Waals surface area contributed by atoms with Gasteiger partial charge in [-0.05, 0) is 71.6 Å². The van der Waals surface area contributed by atoms with Crippen molar-refractivity contribution in [2.75, 3.05) is 6.61 Å². The van der Waals surface area contributed by atoms with Crippen LogP contribution >= 0.6 is 0 Å². The van der Waals surface area contributed by atoms with E-state index in [0.29, 0.717) is 36.6 Å². The summed E-state index contributed by atoms with van der Waals surface area (Å²) in [5.41, 5.74) is -1.04. The lowest BCUT2D eigenvalue weighted by molar-refractivity contribution is -0.195. The largest absolute Gasteiger partial charge is 0.480 e. The van der Waals surface area contributed by atoms with Gasteiger partial charge in [-0.3, -0.25) is 0 Å². The lowest BCUT2D eigenvalue weighted by Gasteiger charge is -2.19. The van der Waals surface area contributed by atoms with Crippen molar-refractivity contribution in [3.05, 3.63) is 107 Å². The van der Waals surface area contributed by atoms with E-state index in [4.69, 9.17) is 4.74 Å². The molecule has 0 spiro atoms. The smallest absolute Gasteiger partial charge is 0.433 e. The molecule has 0 aromatic heterocycles. The zero-order valence-corrected chi connectivity index (χ0v) is 20.6. The molecule has 0 unspecified atom stereocenters. The summed E-state index contributed by atoms with van der Waals surface area (Å²) in [5, 5.41) is 0. The Labute approximate surface area is 222 Å². The van der Waals surface area contributed by atoms with E-state index >= 15 is 0 Å². The number of alkyl halides is 2. The zero-order valence-electron chi connectivity index (χ0n) is 20.6. The normalized spacial score (nSPS) is 11.6. The molecular weight excluding hydrogens is 551 g/mol. The van der Waals surface area contributed by atoms with Crippen LogP contribution in [0.3, 0.4) is 0 Å². The lowest BCUT2D eigenvalue weighted by Crippen LogP contribution is -2.32. The summed E-state index contributed by atoms with van der Waals surface area (Å²) in [7, 11) is 0. The van der Waals surface area contributed by atoms with E-state index in [1.165, 1.54) is 0 Å². The summed E-state index contributed by atoms with van der Waals surface area (Å²) in [6.45, 7) is 0.304. The van der Waals surface area contributed by atoms with Gasteiger partial charge in [0.2, 0.25) is 0 Å². The highest BCUT2D eigenvalue weighted by Gasteiger charge is 2.34. The van der Waals surface area contributed by atoms with Gasteiger partial charge < -0.3 is 9.47 Å². The number of hydrogen-bond acceptors (Lipinski definition) is 2. The molecule has 0 heterocycles. The lowest BCUT2D eigenvalue weighted by atomic mass is 10.0. The first-order valence-electron chi connectivity index (χ1n) is 11.8. The first-order valence-corrected chi connectivity index (χ1v) is 11.8. The maximum Gasteiger partial charge on any atom is 0.433 e. The van der Waals surface area contributed by atoms with Crippen LogP contribution in [0.4, 0.5) is 39.5 Å². The standard InChI is InChI=1S/C29H19F9O2/c1-2-3-15-8-22(32)27(23(33)9-15)16-4-7-26(21(31)10-16)39-14-29(37,38)40-18-5-6-19(20(30)13-18)17-11-24(34)28(36)25(35)12-17/h4-13H,2-3,14H2,1H3. The van der Waals surface area contributed by atoms with Crippen LogP contribution < -0.4 is 9.47 Å². The van der Waals surface area contributed by atoms with Crippen molar-refractivity contribution >= 4 is 0 Å². The van der Waals surface area contributed by atoms with Crippen LogP contribution in [0, 0.1) is 40.7 Å². The number of benzene rings is 4. The molecule has 0 bridgehead atoms. The number of hydrogen-bond donors (Lipinski definition) is 0. The van der Waals surface area contributed by atoms with Gasteiger partial charge in [-0.15, -0.1) is 0 Å². The average molecular weight is 570 g/mol. The first kappa shape index (κ1) is 28.8. The van der Waals surface area contributed by atoms with Gasteiger partial charge in [-0.2, -0.15) is 8.78 Å². The Morgan fingerprint density at radius 3 is 1.85 bits per heavy atom. The Balaban J connectivity index is 1.46. The van der Waals surface area contributed by atoms with Gasteiger partial charge in [-0.1, -0.05) is 19.4 Å². The summed E-state index contributed by atoms with van der Waals surface area (Å²) in [6.07, 6.45) is -3.01. The molecule has 0 saturated carbocycles. The van der Waals surface area contributed by atoms with Gasteiger partial charge in [0, 0.05) is 11.6 Å². The number of rotatable bonds is 9. The maximum absolute atomic E-state index is 14.6. The molecule has 210 valence electrons. The van der Waals surface area contributed by atoms with E-state index in [9.17, 15) is 39.5 Å². The van der Waals surface area contributed by atoms with E-state index in [-0.39, 0.29) is 11.1 Å². The third-order valence-electron chi connectivity index (χ3n) is 5.76. The first-order chi connectivity index (χ1) is 18.9. The van der Waals surface area contributed by atoms with Crippen LogP contribution in [0.1, 0.15) is 18.9 Å². The molecule has 0 fully saturated rings. The second-order valence-corrected chi connectivity index (χ2v) is 8.75. The van der Waals surface area contributed by atoms with Crippen LogP contribution in [0.25, 0.3) is 22.3 Å². The number of halogens is 9. The SMILES string of the molecule is CCCc1cc(F)c(-c2ccc(OCC(F)(F)Oc3ccc(-c4cc(F)c(F)c(F)c4)c(F)c3)c(F)c2)c(F)c1. The fraction of sp³-hybridized carbons (Fsp3) is 0.172. The van der Waals surface area contributed by atoms with Crippen molar-refractivity contribution in [1.82, 2.24) is 0 Å². The minimum absolute atomic E-state index is 0.178. The molecular formula is C29H19F9O2. The molecule has 0 atom stereocenters. The summed E-state index contributed by atoms with van der Waals surface area (Å²) in [4.78, 5) is 0. The van der Waals surface area contributed by atoms with E-state index in [2.05, 4.69) is 4.74 Å². The Morgan fingerprint density at radius 2 is 1.27 bits per heavy atom. The molecule has 2 nitrogen and oxygen atoms in total. The van der Waals surface area contributed by atoms with Gasteiger partial charge >= 0.3 is 6.11 Å². The van der Waals surface area contributed by atoms with Gasteiger partial charge in [0.05, 0.1) is 5.56 Å². The molecule has 0 amide bonds. The number of aryl methyl sites for hydroxylation is 1. The molecule has 4 aromatic carbocycles. The minimum Gasteiger partial charge on any atom is -0.480 e. The third kappa shape index (κ3) is 6.35. The molecule has 0 saturated heterocycles. The summed E-state index contributed by atoms with van der Waals surface area (Å²) in [6, 6.07) is 8.32. The van der Waals surface area contributed by atoms with E-state index in [0.717, 1.165) is 42.5 Å². The second-order valence-electron chi connectivity index (χ2n) is 8.75. The molecule has 0 aliphatic carbocycles. The predicted molar refractivity (Wildman–Crippen MR) is 129 cm³/mol. The Bertz CT molecular complexity index is 1510. The third-order valence-corrected chi connectivity index (χ3v) is 5.76. The van der Waals surface area contributed by atoms with Crippen LogP contribution in [0.5, 0.6) is 11.5 Å². The molecule has 0 N–H and O–H groups in total. The maximum atomic E-state index is 14.6. The van der Waals surface area contributed by atoms with Crippen molar-refractivity contribution in [2.45, 2.75) is 25.9 Å². The van der Waals surface area contributed by atoms with Crippen LogP contribution in [0.15, 0.2) is 60.7 Å². The van der Waals surface area contributed by atoms with Gasteiger partial charge in [0.25, 0.3) is 0 Å². The number of ether oxygens (including phenoxy) is 2. The highest BCUT2D eigenvalue weighted by molar-refractivity contribution is 5.67. The van der Waals surface area contributed by atoms with Gasteiger partial charge in [-0.25, -0.2) is 30.7 Å². The fourth-order valence-electron chi connectivity index (χ4n) is 3.98. The van der Waals surface area contributed by atoms with Crippen molar-refractivity contribution in [3.63, 3.8) is 0 Å². The molecule has 11 heteroatoms. The van der Waals surface area contributed by atoms with Gasteiger partial charge in [0.1, 0.15) is 23.2 Å². The average Bonchev–Trinajstić information content (AvgIpc) is 2.86. The fourth-order valence-corrected chi connectivity index (χ4v) is 3.98. The molecule has 0 aliphatic rings. The van der Waals surface area contributed by atoms with E-state index < -0.39 is 76.1 Å². The second kappa shape index (κ2) is 11.5. The Morgan fingerprint density at radius 1 is 0.650 bits per heavy atom. The molecule has 0 aliphatic heterocycles.